The van der Waals surface area contributed by atoms with Crippen molar-refractivity contribution in [1.29, 1.82) is 0 Å². The molecule has 0 spiro atoms. The number of rotatable bonds is 3. The molecule has 3 rings (SSSR count). The van der Waals surface area contributed by atoms with Crippen molar-refractivity contribution in [3.05, 3.63) is 24.3 Å². The van der Waals surface area contributed by atoms with Crippen LogP contribution in [0, 0.1) is 0 Å². The lowest BCUT2D eigenvalue weighted by atomic mass is 10.2. The highest BCUT2D eigenvalue weighted by atomic mass is 32.2. The number of aromatic amines is 1. The Morgan fingerprint density at radius 3 is 2.75 bits per heavy atom. The largest absolute Gasteiger partial charge is 0.389 e. The highest BCUT2D eigenvalue weighted by molar-refractivity contribution is 7.99. The molecule has 0 aliphatic carbocycles. The Bertz CT molecular complexity index is 753. The maximum Gasteiger partial charge on any atom is 0.389 e. The predicted molar refractivity (Wildman–Crippen MR) is 70.6 cm³/mol. The summed E-state index contributed by atoms with van der Waals surface area (Å²) < 4.78 is 36.2. The number of aromatic nitrogens is 4. The Labute approximate surface area is 115 Å². The number of halogens is 3. The molecule has 104 valence electrons. The molecular weight excluding hydrogens is 289 g/mol. The molecule has 0 aliphatic rings. The lowest BCUT2D eigenvalue weighted by Gasteiger charge is -2.04. The number of hydrogen-bond acceptors (Lipinski definition) is 4. The van der Waals surface area contributed by atoms with Gasteiger partial charge in [-0.15, -0.1) is 10.2 Å². The van der Waals surface area contributed by atoms with E-state index >= 15 is 0 Å². The third kappa shape index (κ3) is 2.69. The number of para-hydroxylation sites is 1. The summed E-state index contributed by atoms with van der Waals surface area (Å²) in [6, 6.07) is 7.53. The van der Waals surface area contributed by atoms with Crippen LogP contribution in [0.1, 0.15) is 6.42 Å². The number of thioether (sulfide) groups is 1. The molecule has 0 fully saturated rings. The second-order valence-electron chi connectivity index (χ2n) is 4.18. The first-order chi connectivity index (χ1) is 9.53. The molecule has 3 aromatic rings. The molecule has 20 heavy (non-hydrogen) atoms. The van der Waals surface area contributed by atoms with Crippen molar-refractivity contribution in [3.63, 3.8) is 0 Å². The van der Waals surface area contributed by atoms with Gasteiger partial charge in [0.1, 0.15) is 5.52 Å². The second-order valence-corrected chi connectivity index (χ2v) is 5.24. The summed E-state index contributed by atoms with van der Waals surface area (Å²) in [6.07, 6.45) is -5.03. The monoisotopic (exact) mass is 298 g/mol. The van der Waals surface area contributed by atoms with Gasteiger partial charge >= 0.3 is 6.18 Å². The van der Waals surface area contributed by atoms with Gasteiger partial charge in [-0.3, -0.25) is 0 Å². The normalized spacial score (nSPS) is 12.3. The van der Waals surface area contributed by atoms with Crippen LogP contribution in [0.25, 0.3) is 22.1 Å². The molecule has 1 aromatic carbocycles. The molecule has 2 heterocycles. The minimum atomic E-state index is -4.16. The summed E-state index contributed by atoms with van der Waals surface area (Å²) >= 11 is 0.947. The van der Waals surface area contributed by atoms with Crippen molar-refractivity contribution >= 4 is 33.8 Å². The van der Waals surface area contributed by atoms with E-state index in [0.717, 1.165) is 22.7 Å². The maximum atomic E-state index is 12.1. The summed E-state index contributed by atoms with van der Waals surface area (Å²) in [5.41, 5.74) is 2.04. The number of H-pyrrole nitrogens is 1. The van der Waals surface area contributed by atoms with Crippen molar-refractivity contribution in [2.45, 2.75) is 17.8 Å². The molecule has 8 heteroatoms. The van der Waals surface area contributed by atoms with E-state index in [1.807, 2.05) is 24.3 Å². The van der Waals surface area contributed by atoms with Gasteiger partial charge in [0.25, 0.3) is 0 Å². The predicted octanol–water partition coefficient (Wildman–Crippen LogP) is 3.55. The van der Waals surface area contributed by atoms with E-state index in [4.69, 9.17) is 0 Å². The zero-order chi connectivity index (χ0) is 14.2. The standard InChI is InChI=1S/C12H9F3N4S/c13-12(14,15)5-6-20-11-17-10-9(18-19-11)7-3-1-2-4-8(7)16-10/h1-4H,5-6H2,(H,16,17,19). The van der Waals surface area contributed by atoms with Crippen LogP contribution in [-0.2, 0) is 0 Å². The van der Waals surface area contributed by atoms with Gasteiger partial charge in [0.15, 0.2) is 5.65 Å². The number of fused-ring (bicyclic) bond motifs is 3. The molecule has 0 radical (unpaired) electrons. The van der Waals surface area contributed by atoms with E-state index in [1.54, 1.807) is 0 Å². The Kier molecular flexibility index (Phi) is 3.25. The lowest BCUT2D eigenvalue weighted by molar-refractivity contribution is -0.129. The topological polar surface area (TPSA) is 54.5 Å². The SMILES string of the molecule is FC(F)(F)CCSc1nnc2c(n1)[nH]c1ccccc12. The minimum Gasteiger partial charge on any atom is -0.338 e. The first-order valence-electron chi connectivity index (χ1n) is 5.84. The van der Waals surface area contributed by atoms with Crippen LogP contribution in [0.5, 0.6) is 0 Å². The maximum absolute atomic E-state index is 12.1. The third-order valence-electron chi connectivity index (χ3n) is 2.72. The fourth-order valence-corrected chi connectivity index (χ4v) is 2.60. The average molecular weight is 298 g/mol. The summed E-state index contributed by atoms with van der Waals surface area (Å²) in [6.45, 7) is 0. The fourth-order valence-electron chi connectivity index (χ4n) is 1.83. The van der Waals surface area contributed by atoms with Crippen LogP contribution in [0.2, 0.25) is 0 Å². The number of nitrogens with one attached hydrogen (secondary N) is 1. The van der Waals surface area contributed by atoms with E-state index in [9.17, 15) is 13.2 Å². The van der Waals surface area contributed by atoms with Gasteiger partial charge in [0.05, 0.1) is 6.42 Å². The smallest absolute Gasteiger partial charge is 0.338 e. The van der Waals surface area contributed by atoms with Crippen LogP contribution >= 0.6 is 11.8 Å². The molecule has 0 amide bonds. The summed E-state index contributed by atoms with van der Waals surface area (Å²) in [7, 11) is 0. The Hall–Kier alpha value is -1.83. The molecule has 1 N–H and O–H groups in total. The van der Waals surface area contributed by atoms with Crippen molar-refractivity contribution in [2.75, 3.05) is 5.75 Å². The fraction of sp³-hybridized carbons (Fsp3) is 0.250. The summed E-state index contributed by atoms with van der Waals surface area (Å²) in [4.78, 5) is 7.27. The first-order valence-corrected chi connectivity index (χ1v) is 6.82. The van der Waals surface area contributed by atoms with Crippen molar-refractivity contribution < 1.29 is 13.2 Å². The van der Waals surface area contributed by atoms with Gasteiger partial charge < -0.3 is 4.98 Å². The molecule has 0 saturated carbocycles. The van der Waals surface area contributed by atoms with E-state index in [2.05, 4.69) is 20.2 Å². The van der Waals surface area contributed by atoms with E-state index < -0.39 is 12.6 Å². The number of hydrogen-bond donors (Lipinski definition) is 1. The molecule has 0 saturated heterocycles. The molecular formula is C12H9F3N4S. The Morgan fingerprint density at radius 2 is 1.95 bits per heavy atom. The van der Waals surface area contributed by atoms with Gasteiger partial charge in [-0.25, -0.2) is 4.98 Å². The number of benzene rings is 1. The van der Waals surface area contributed by atoms with Crippen LogP contribution < -0.4 is 0 Å². The molecule has 0 unspecified atom stereocenters. The lowest BCUT2D eigenvalue weighted by Crippen LogP contribution is -2.08. The van der Waals surface area contributed by atoms with Crippen LogP contribution in [0.3, 0.4) is 0 Å². The molecule has 0 bridgehead atoms. The Balaban J connectivity index is 1.85. The van der Waals surface area contributed by atoms with Crippen molar-refractivity contribution in [3.8, 4) is 0 Å². The van der Waals surface area contributed by atoms with Crippen molar-refractivity contribution in [2.24, 2.45) is 0 Å². The van der Waals surface area contributed by atoms with Gasteiger partial charge in [0, 0.05) is 16.7 Å². The van der Waals surface area contributed by atoms with Gasteiger partial charge in [-0.1, -0.05) is 30.0 Å². The van der Waals surface area contributed by atoms with Crippen LogP contribution in [0.15, 0.2) is 29.4 Å². The molecule has 0 aliphatic heterocycles. The highest BCUT2D eigenvalue weighted by Crippen LogP contribution is 2.26. The molecule has 0 atom stereocenters. The zero-order valence-corrected chi connectivity index (χ0v) is 10.9. The number of nitrogens with zero attached hydrogens (tertiary/aromatic N) is 3. The summed E-state index contributed by atoms with van der Waals surface area (Å²) in [5.74, 6) is -0.114. The summed E-state index contributed by atoms with van der Waals surface area (Å²) in [5, 5.41) is 9.04. The zero-order valence-electron chi connectivity index (χ0n) is 10.1. The van der Waals surface area contributed by atoms with Gasteiger partial charge in [-0.2, -0.15) is 13.2 Å². The number of alkyl halides is 3. The van der Waals surface area contributed by atoms with Crippen LogP contribution in [-0.4, -0.2) is 32.1 Å². The van der Waals surface area contributed by atoms with Crippen molar-refractivity contribution in [1.82, 2.24) is 20.2 Å². The first kappa shape index (κ1) is 13.2. The van der Waals surface area contributed by atoms with E-state index in [0.29, 0.717) is 11.2 Å². The quantitative estimate of drug-likeness (QED) is 0.751. The van der Waals surface area contributed by atoms with E-state index in [1.165, 1.54) is 0 Å². The van der Waals surface area contributed by atoms with Crippen LogP contribution in [0.4, 0.5) is 13.2 Å². The molecule has 2 aromatic heterocycles. The minimum absolute atomic E-state index is 0.114. The van der Waals surface area contributed by atoms with E-state index in [-0.39, 0.29) is 10.9 Å². The highest BCUT2D eigenvalue weighted by Gasteiger charge is 2.26. The Morgan fingerprint density at radius 1 is 1.15 bits per heavy atom. The molecule has 4 nitrogen and oxygen atoms in total. The average Bonchev–Trinajstić information content (AvgIpc) is 2.74. The van der Waals surface area contributed by atoms with Gasteiger partial charge in [-0.05, 0) is 6.07 Å². The van der Waals surface area contributed by atoms with Gasteiger partial charge in [0.2, 0.25) is 5.16 Å². The third-order valence-corrected chi connectivity index (χ3v) is 3.56. The second kappa shape index (κ2) is 4.93.